The third-order valence-corrected chi connectivity index (χ3v) is 3.03. The zero-order valence-electron chi connectivity index (χ0n) is 11.2. The first-order valence-corrected chi connectivity index (χ1v) is 6.19. The zero-order valence-corrected chi connectivity index (χ0v) is 11.2. The molecule has 1 saturated heterocycles. The maximum absolute atomic E-state index is 11.7. The number of carbonyl (C=O) groups is 2. The highest BCUT2D eigenvalue weighted by Crippen LogP contribution is 2.18. The summed E-state index contributed by atoms with van der Waals surface area (Å²) in [4.78, 5) is 24.4. The summed E-state index contributed by atoms with van der Waals surface area (Å²) in [6.07, 6.45) is 0. The van der Waals surface area contributed by atoms with Crippen LogP contribution in [0.2, 0.25) is 0 Å². The summed E-state index contributed by atoms with van der Waals surface area (Å²) in [7, 11) is 1.75. The van der Waals surface area contributed by atoms with Crippen LogP contribution in [0.1, 0.15) is 13.8 Å². The van der Waals surface area contributed by atoms with E-state index in [9.17, 15) is 9.59 Å². The van der Waals surface area contributed by atoms with Crippen molar-refractivity contribution in [3.63, 3.8) is 0 Å². The number of carboxylic acids is 1. The van der Waals surface area contributed by atoms with Gasteiger partial charge < -0.3 is 15.2 Å². The minimum absolute atomic E-state index is 0.0813. The van der Waals surface area contributed by atoms with E-state index >= 15 is 0 Å². The van der Waals surface area contributed by atoms with E-state index in [1.54, 1.807) is 11.9 Å². The highest BCUT2D eigenvalue weighted by molar-refractivity contribution is 5.78. The molecule has 1 fully saturated rings. The van der Waals surface area contributed by atoms with Crippen LogP contribution in [-0.4, -0.2) is 61.3 Å². The van der Waals surface area contributed by atoms with Crippen LogP contribution >= 0.6 is 0 Å². The molecule has 104 valence electrons. The predicted molar refractivity (Wildman–Crippen MR) is 66.2 cm³/mol. The zero-order chi connectivity index (χ0) is 13.7. The fraction of sp³-hybridized carbons (Fsp3) is 0.833. The van der Waals surface area contributed by atoms with Crippen molar-refractivity contribution in [1.29, 1.82) is 0 Å². The smallest absolute Gasteiger partial charge is 0.310 e. The van der Waals surface area contributed by atoms with Crippen molar-refractivity contribution in [1.82, 2.24) is 10.2 Å². The van der Waals surface area contributed by atoms with Crippen LogP contribution in [-0.2, 0) is 14.3 Å². The molecule has 18 heavy (non-hydrogen) atoms. The topological polar surface area (TPSA) is 78.9 Å². The Morgan fingerprint density at radius 2 is 2.11 bits per heavy atom. The molecule has 1 amide bonds. The highest BCUT2D eigenvalue weighted by atomic mass is 16.5. The average Bonchev–Trinajstić information content (AvgIpc) is 2.75. The molecule has 0 aromatic rings. The highest BCUT2D eigenvalue weighted by Gasteiger charge is 2.37. The van der Waals surface area contributed by atoms with Gasteiger partial charge in [-0.3, -0.25) is 14.5 Å². The second-order valence-electron chi connectivity index (χ2n) is 5.16. The van der Waals surface area contributed by atoms with Gasteiger partial charge in [0.15, 0.2) is 0 Å². The molecule has 6 nitrogen and oxygen atoms in total. The number of nitrogens with one attached hydrogen (secondary N) is 1. The van der Waals surface area contributed by atoms with Crippen LogP contribution < -0.4 is 5.32 Å². The van der Waals surface area contributed by atoms with Crippen LogP contribution in [0.3, 0.4) is 0 Å². The van der Waals surface area contributed by atoms with Crippen molar-refractivity contribution < 1.29 is 19.4 Å². The quantitative estimate of drug-likeness (QED) is 0.689. The molecule has 1 rings (SSSR count). The van der Waals surface area contributed by atoms with Crippen molar-refractivity contribution in [2.24, 2.45) is 11.8 Å². The van der Waals surface area contributed by atoms with E-state index in [-0.39, 0.29) is 25.1 Å². The minimum Gasteiger partial charge on any atom is -0.481 e. The molecular weight excluding hydrogens is 236 g/mol. The lowest BCUT2D eigenvalue weighted by Gasteiger charge is -2.25. The van der Waals surface area contributed by atoms with Gasteiger partial charge in [-0.05, 0) is 13.0 Å². The van der Waals surface area contributed by atoms with Gasteiger partial charge in [-0.1, -0.05) is 13.8 Å². The van der Waals surface area contributed by atoms with Gasteiger partial charge in [0.2, 0.25) is 5.91 Å². The lowest BCUT2D eigenvalue weighted by molar-refractivity contribution is -0.143. The maximum atomic E-state index is 11.7. The normalized spacial score (nSPS) is 23.6. The molecule has 0 saturated carbocycles. The maximum Gasteiger partial charge on any atom is 0.310 e. The molecule has 6 heteroatoms. The molecule has 0 spiro atoms. The number of carboxylic acid groups (broad SMARTS) is 1. The Morgan fingerprint density at radius 3 is 2.67 bits per heavy atom. The number of amides is 1. The molecule has 1 heterocycles. The summed E-state index contributed by atoms with van der Waals surface area (Å²) in [5.74, 6) is -1.09. The van der Waals surface area contributed by atoms with E-state index in [2.05, 4.69) is 5.32 Å². The summed E-state index contributed by atoms with van der Waals surface area (Å²) < 4.78 is 5.18. The van der Waals surface area contributed by atoms with Crippen LogP contribution in [0.25, 0.3) is 0 Å². The Bertz CT molecular complexity index is 306. The van der Waals surface area contributed by atoms with E-state index in [0.717, 1.165) is 0 Å². The van der Waals surface area contributed by atoms with Gasteiger partial charge in [0.25, 0.3) is 0 Å². The van der Waals surface area contributed by atoms with Crippen LogP contribution in [0.5, 0.6) is 0 Å². The molecule has 2 N–H and O–H groups in total. The van der Waals surface area contributed by atoms with E-state index in [0.29, 0.717) is 19.1 Å². The molecule has 2 unspecified atom stereocenters. The fourth-order valence-electron chi connectivity index (χ4n) is 1.93. The Labute approximate surface area is 107 Å². The van der Waals surface area contributed by atoms with Crippen molar-refractivity contribution in [3.05, 3.63) is 0 Å². The number of hydrogen-bond acceptors (Lipinski definition) is 4. The summed E-state index contributed by atoms with van der Waals surface area (Å²) in [5.41, 5.74) is 0. The Balaban J connectivity index is 2.42. The summed E-state index contributed by atoms with van der Waals surface area (Å²) in [5, 5.41) is 11.8. The standard InChI is InChI=1S/C12H22N2O4/c1-8(2)4-13-11(15)5-14(3)10-7-18-6-9(10)12(16)17/h8-10H,4-7H2,1-3H3,(H,13,15)(H,16,17). The van der Waals surface area contributed by atoms with Gasteiger partial charge in [-0.2, -0.15) is 0 Å². The van der Waals surface area contributed by atoms with E-state index in [1.165, 1.54) is 0 Å². The van der Waals surface area contributed by atoms with Gasteiger partial charge >= 0.3 is 5.97 Å². The van der Waals surface area contributed by atoms with Crippen molar-refractivity contribution in [2.75, 3.05) is 33.4 Å². The number of hydrogen-bond donors (Lipinski definition) is 2. The molecule has 0 aromatic carbocycles. The lowest BCUT2D eigenvalue weighted by atomic mass is 10.0. The van der Waals surface area contributed by atoms with E-state index in [1.807, 2.05) is 13.8 Å². The molecular formula is C12H22N2O4. The summed E-state index contributed by atoms with van der Waals surface area (Å²) in [6.45, 7) is 5.47. The Kier molecular flexibility index (Phi) is 5.55. The molecule has 2 atom stereocenters. The molecule has 1 aliphatic heterocycles. The first kappa shape index (κ1) is 14.9. The Morgan fingerprint density at radius 1 is 1.44 bits per heavy atom. The van der Waals surface area contributed by atoms with Crippen molar-refractivity contribution in [2.45, 2.75) is 19.9 Å². The first-order valence-electron chi connectivity index (χ1n) is 6.19. The second-order valence-corrected chi connectivity index (χ2v) is 5.16. The van der Waals surface area contributed by atoms with Crippen LogP contribution in [0, 0.1) is 11.8 Å². The second kappa shape index (κ2) is 6.70. The SMILES string of the molecule is CC(C)CNC(=O)CN(C)C1COCC1C(=O)O. The first-order chi connectivity index (χ1) is 8.41. The fourth-order valence-corrected chi connectivity index (χ4v) is 1.93. The molecule has 0 bridgehead atoms. The molecule has 0 aliphatic carbocycles. The average molecular weight is 258 g/mol. The van der Waals surface area contributed by atoms with Gasteiger partial charge in [0.05, 0.1) is 25.7 Å². The number of carbonyl (C=O) groups excluding carboxylic acids is 1. The van der Waals surface area contributed by atoms with Crippen LogP contribution in [0.4, 0.5) is 0 Å². The monoisotopic (exact) mass is 258 g/mol. The Hall–Kier alpha value is -1.14. The number of nitrogens with zero attached hydrogens (tertiary/aromatic N) is 1. The minimum atomic E-state index is -0.869. The molecule has 0 radical (unpaired) electrons. The summed E-state index contributed by atoms with van der Waals surface area (Å²) in [6, 6.07) is -0.229. The van der Waals surface area contributed by atoms with Crippen molar-refractivity contribution in [3.8, 4) is 0 Å². The third kappa shape index (κ3) is 4.27. The van der Waals surface area contributed by atoms with Gasteiger partial charge in [0.1, 0.15) is 0 Å². The summed E-state index contributed by atoms with van der Waals surface area (Å²) >= 11 is 0. The van der Waals surface area contributed by atoms with E-state index < -0.39 is 11.9 Å². The van der Waals surface area contributed by atoms with Gasteiger partial charge in [-0.15, -0.1) is 0 Å². The van der Waals surface area contributed by atoms with E-state index in [4.69, 9.17) is 9.84 Å². The van der Waals surface area contributed by atoms with Gasteiger partial charge in [0, 0.05) is 12.6 Å². The molecule has 1 aliphatic rings. The molecule has 0 aromatic heterocycles. The number of rotatable bonds is 6. The number of aliphatic carboxylic acids is 1. The lowest BCUT2D eigenvalue weighted by Crippen LogP contribution is -2.46. The largest absolute Gasteiger partial charge is 0.481 e. The number of ether oxygens (including phenoxy) is 1. The number of likely N-dealkylation sites (N-methyl/N-ethyl adjacent to an activating group) is 1. The van der Waals surface area contributed by atoms with Crippen molar-refractivity contribution >= 4 is 11.9 Å². The van der Waals surface area contributed by atoms with Gasteiger partial charge in [-0.25, -0.2) is 0 Å². The predicted octanol–water partition coefficient (Wildman–Crippen LogP) is -0.210. The van der Waals surface area contributed by atoms with Crippen LogP contribution in [0.15, 0.2) is 0 Å². The third-order valence-electron chi connectivity index (χ3n) is 3.03.